The number of hydrogen-bond donors (Lipinski definition) is 1. The zero-order chi connectivity index (χ0) is 18.2. The number of thiazole rings is 1. The maximum absolute atomic E-state index is 5.44. The van der Waals surface area contributed by atoms with Crippen molar-refractivity contribution < 1.29 is 9.47 Å². The highest BCUT2D eigenvalue weighted by Gasteiger charge is 2.13. The monoisotopic (exact) mass is 377 g/mol. The summed E-state index contributed by atoms with van der Waals surface area (Å²) in [5, 5.41) is 4.51. The first-order valence-corrected chi connectivity index (χ1v) is 9.71. The Morgan fingerprint density at radius 1 is 1.07 bits per heavy atom. The number of aryl methyl sites for hydroxylation is 1. The number of hydrogen-bond acceptors (Lipinski definition) is 5. The molecule has 0 bridgehead atoms. The van der Waals surface area contributed by atoms with E-state index in [0.29, 0.717) is 6.79 Å². The molecule has 1 aliphatic heterocycles. The van der Waals surface area contributed by atoms with Gasteiger partial charge in [0.25, 0.3) is 0 Å². The van der Waals surface area contributed by atoms with Crippen LogP contribution in [0.25, 0.3) is 15.3 Å². The zero-order valence-corrected chi connectivity index (χ0v) is 15.8. The fraction of sp³-hybridized carbons (Fsp3) is 0.190. The van der Waals surface area contributed by atoms with E-state index in [2.05, 4.69) is 59.4 Å². The first-order chi connectivity index (χ1) is 13.3. The normalized spacial score (nSPS) is 12.8. The summed E-state index contributed by atoms with van der Waals surface area (Å²) >= 11 is 1.72. The first-order valence-electron chi connectivity index (χ1n) is 8.89. The van der Waals surface area contributed by atoms with Gasteiger partial charge < -0.3 is 14.8 Å². The third kappa shape index (κ3) is 3.18. The molecule has 136 valence electrons. The molecule has 2 aromatic carbocycles. The number of fused-ring (bicyclic) bond motifs is 2. The number of ether oxygens (including phenoxy) is 2. The topological polar surface area (TPSA) is 48.3 Å². The SMILES string of the molecule is Cc1ccc2nc(-n3cccc3CNCc3ccc4c(c3)OCO4)sc2c1. The van der Waals surface area contributed by atoms with Crippen LogP contribution >= 0.6 is 11.3 Å². The van der Waals surface area contributed by atoms with Crippen LogP contribution in [-0.2, 0) is 13.1 Å². The van der Waals surface area contributed by atoms with Crippen LogP contribution < -0.4 is 14.8 Å². The summed E-state index contributed by atoms with van der Waals surface area (Å²) in [5.74, 6) is 1.64. The van der Waals surface area contributed by atoms with Gasteiger partial charge in [-0.3, -0.25) is 4.57 Å². The maximum atomic E-state index is 5.44. The summed E-state index contributed by atoms with van der Waals surface area (Å²) < 4.78 is 14.2. The minimum absolute atomic E-state index is 0.307. The molecule has 4 aromatic rings. The molecule has 1 N–H and O–H groups in total. The van der Waals surface area contributed by atoms with Crippen LogP contribution in [0.15, 0.2) is 54.7 Å². The molecule has 5 nitrogen and oxygen atoms in total. The molecule has 0 saturated carbocycles. The number of benzene rings is 2. The van der Waals surface area contributed by atoms with Gasteiger partial charge in [-0.2, -0.15) is 0 Å². The molecule has 1 aliphatic rings. The summed E-state index contributed by atoms with van der Waals surface area (Å²) in [5.41, 5.74) is 4.67. The van der Waals surface area contributed by atoms with Gasteiger partial charge in [0.1, 0.15) is 0 Å². The average Bonchev–Trinajstić information content (AvgIpc) is 3.39. The van der Waals surface area contributed by atoms with E-state index in [-0.39, 0.29) is 0 Å². The predicted molar refractivity (Wildman–Crippen MR) is 107 cm³/mol. The smallest absolute Gasteiger partial charge is 0.231 e. The molecule has 5 rings (SSSR count). The number of nitrogens with one attached hydrogen (secondary N) is 1. The van der Waals surface area contributed by atoms with Crippen LogP contribution in [0.5, 0.6) is 11.5 Å². The molecule has 0 spiro atoms. The van der Waals surface area contributed by atoms with Crippen molar-refractivity contribution in [2.45, 2.75) is 20.0 Å². The Morgan fingerprint density at radius 3 is 2.96 bits per heavy atom. The molecule has 0 fully saturated rings. The van der Waals surface area contributed by atoms with E-state index >= 15 is 0 Å². The lowest BCUT2D eigenvalue weighted by atomic mass is 10.2. The van der Waals surface area contributed by atoms with Gasteiger partial charge in [0.05, 0.1) is 10.2 Å². The van der Waals surface area contributed by atoms with E-state index in [9.17, 15) is 0 Å². The molecule has 0 radical (unpaired) electrons. The summed E-state index contributed by atoms with van der Waals surface area (Å²) in [6.45, 7) is 3.94. The van der Waals surface area contributed by atoms with Crippen molar-refractivity contribution in [2.75, 3.05) is 6.79 Å². The van der Waals surface area contributed by atoms with E-state index in [1.54, 1.807) is 11.3 Å². The van der Waals surface area contributed by atoms with Crippen molar-refractivity contribution in [3.63, 3.8) is 0 Å². The Balaban J connectivity index is 1.31. The average molecular weight is 377 g/mol. The van der Waals surface area contributed by atoms with Gasteiger partial charge in [-0.1, -0.05) is 23.5 Å². The molecule has 0 unspecified atom stereocenters. The van der Waals surface area contributed by atoms with Gasteiger partial charge >= 0.3 is 0 Å². The van der Waals surface area contributed by atoms with Crippen LogP contribution in [0.4, 0.5) is 0 Å². The number of aromatic nitrogens is 2. The lowest BCUT2D eigenvalue weighted by molar-refractivity contribution is 0.174. The summed E-state index contributed by atoms with van der Waals surface area (Å²) in [4.78, 5) is 4.79. The Morgan fingerprint density at radius 2 is 2.00 bits per heavy atom. The third-order valence-electron chi connectivity index (χ3n) is 4.64. The van der Waals surface area contributed by atoms with Gasteiger partial charge in [-0.15, -0.1) is 0 Å². The molecule has 3 heterocycles. The van der Waals surface area contributed by atoms with Gasteiger partial charge in [-0.25, -0.2) is 4.98 Å². The van der Waals surface area contributed by atoms with Crippen LogP contribution in [0.3, 0.4) is 0 Å². The molecule has 27 heavy (non-hydrogen) atoms. The predicted octanol–water partition coefficient (Wildman–Crippen LogP) is 4.41. The number of nitrogens with zero attached hydrogens (tertiary/aromatic N) is 2. The lowest BCUT2D eigenvalue weighted by Crippen LogP contribution is -2.15. The second-order valence-corrected chi connectivity index (χ2v) is 7.64. The van der Waals surface area contributed by atoms with Crippen molar-refractivity contribution in [3.8, 4) is 16.6 Å². The van der Waals surface area contributed by atoms with Crippen LogP contribution in [0, 0.1) is 6.92 Å². The Bertz CT molecular complexity index is 1120. The molecule has 6 heteroatoms. The first kappa shape index (κ1) is 16.4. The second-order valence-electron chi connectivity index (χ2n) is 6.63. The van der Waals surface area contributed by atoms with E-state index in [1.807, 2.05) is 12.1 Å². The van der Waals surface area contributed by atoms with Gasteiger partial charge in [0, 0.05) is 25.0 Å². The third-order valence-corrected chi connectivity index (χ3v) is 5.66. The van der Waals surface area contributed by atoms with Crippen molar-refractivity contribution in [3.05, 3.63) is 71.5 Å². The van der Waals surface area contributed by atoms with Crippen LogP contribution in [0.2, 0.25) is 0 Å². The minimum Gasteiger partial charge on any atom is -0.454 e. The van der Waals surface area contributed by atoms with Gasteiger partial charge in [0.2, 0.25) is 6.79 Å². The maximum Gasteiger partial charge on any atom is 0.231 e. The minimum atomic E-state index is 0.307. The van der Waals surface area contributed by atoms with Gasteiger partial charge in [-0.05, 0) is 54.4 Å². The molecule has 0 aliphatic carbocycles. The van der Waals surface area contributed by atoms with E-state index in [0.717, 1.165) is 35.2 Å². The standard InChI is InChI=1S/C21H19N3O2S/c1-14-4-6-17-20(9-14)27-21(23-17)24-8-2-3-16(24)12-22-11-15-5-7-18-19(10-15)26-13-25-18/h2-10,22H,11-13H2,1H3. The second kappa shape index (κ2) is 6.72. The van der Waals surface area contributed by atoms with Crippen LogP contribution in [0.1, 0.15) is 16.8 Å². The lowest BCUT2D eigenvalue weighted by Gasteiger charge is -2.08. The highest BCUT2D eigenvalue weighted by molar-refractivity contribution is 7.20. The van der Waals surface area contributed by atoms with Crippen molar-refractivity contribution in [1.29, 1.82) is 0 Å². The summed E-state index contributed by atoms with van der Waals surface area (Å²) in [6, 6.07) is 16.6. The molecular weight excluding hydrogens is 358 g/mol. The Hall–Kier alpha value is -2.83. The van der Waals surface area contributed by atoms with Crippen molar-refractivity contribution >= 4 is 21.6 Å². The quantitative estimate of drug-likeness (QED) is 0.560. The highest BCUT2D eigenvalue weighted by Crippen LogP contribution is 2.32. The Labute approximate surface area is 161 Å². The Kier molecular flexibility index (Phi) is 4.07. The van der Waals surface area contributed by atoms with E-state index in [1.165, 1.54) is 21.5 Å². The molecule has 0 atom stereocenters. The largest absolute Gasteiger partial charge is 0.454 e. The number of rotatable bonds is 5. The zero-order valence-electron chi connectivity index (χ0n) is 14.9. The van der Waals surface area contributed by atoms with E-state index < -0.39 is 0 Å². The summed E-state index contributed by atoms with van der Waals surface area (Å²) in [6.07, 6.45) is 2.07. The summed E-state index contributed by atoms with van der Waals surface area (Å²) in [7, 11) is 0. The van der Waals surface area contributed by atoms with Crippen molar-refractivity contribution in [1.82, 2.24) is 14.9 Å². The molecule has 2 aromatic heterocycles. The fourth-order valence-electron chi connectivity index (χ4n) is 3.26. The van der Waals surface area contributed by atoms with Crippen LogP contribution in [-0.4, -0.2) is 16.3 Å². The van der Waals surface area contributed by atoms with Gasteiger partial charge in [0.15, 0.2) is 16.6 Å². The highest BCUT2D eigenvalue weighted by atomic mass is 32.1. The molecular formula is C21H19N3O2S. The molecule has 0 amide bonds. The fourth-order valence-corrected chi connectivity index (χ4v) is 4.34. The van der Waals surface area contributed by atoms with Crippen molar-refractivity contribution in [2.24, 2.45) is 0 Å². The molecule has 0 saturated heterocycles. The van der Waals surface area contributed by atoms with E-state index in [4.69, 9.17) is 14.5 Å².